The van der Waals surface area contributed by atoms with Crippen LogP contribution >= 0.6 is 0 Å². The van der Waals surface area contributed by atoms with Gasteiger partial charge in [0.25, 0.3) is 0 Å². The van der Waals surface area contributed by atoms with Gasteiger partial charge in [0.15, 0.2) is 0 Å². The van der Waals surface area contributed by atoms with E-state index in [9.17, 15) is 4.79 Å². The molecule has 132 valence electrons. The molecule has 0 spiro atoms. The maximum Gasteiger partial charge on any atom is 0.346 e. The van der Waals surface area contributed by atoms with E-state index in [4.69, 9.17) is 10.4 Å². The zero-order valence-corrected chi connectivity index (χ0v) is 15.0. The molecule has 0 fully saturated rings. The minimum Gasteiger partial charge on any atom is -0.477 e. The Kier molecular flexibility index (Phi) is 4.81. The van der Waals surface area contributed by atoms with Crippen molar-refractivity contribution in [3.05, 3.63) is 77.4 Å². The molecule has 0 radical (unpaired) electrons. The molecule has 0 amide bonds. The third kappa shape index (κ3) is 3.21. The number of aliphatic carboxylic acids is 1. The average Bonchev–Trinajstić information content (AvgIpc) is 2.74. The smallest absolute Gasteiger partial charge is 0.346 e. The van der Waals surface area contributed by atoms with Crippen molar-refractivity contribution in [2.24, 2.45) is 5.92 Å². The zero-order valence-electron chi connectivity index (χ0n) is 15.0. The van der Waals surface area contributed by atoms with Gasteiger partial charge in [0.05, 0.1) is 5.54 Å². The van der Waals surface area contributed by atoms with Gasteiger partial charge in [-0.15, -0.1) is 0 Å². The Morgan fingerprint density at radius 2 is 2.19 bits per heavy atom. The molecule has 0 saturated carbocycles. The third-order valence-corrected chi connectivity index (χ3v) is 5.46. The maximum atomic E-state index is 10.9. The first kappa shape index (κ1) is 17.8. The number of allylic oxidation sites excluding steroid dienone is 5. The van der Waals surface area contributed by atoms with E-state index in [-0.39, 0.29) is 11.1 Å². The molecule has 4 heteroatoms. The monoisotopic (exact) mass is 346 g/mol. The van der Waals surface area contributed by atoms with Crippen molar-refractivity contribution in [1.29, 1.82) is 5.26 Å². The number of anilines is 1. The van der Waals surface area contributed by atoms with Crippen LogP contribution in [0.1, 0.15) is 18.9 Å². The third-order valence-electron chi connectivity index (χ3n) is 5.46. The van der Waals surface area contributed by atoms with Crippen molar-refractivity contribution in [1.82, 2.24) is 0 Å². The van der Waals surface area contributed by atoms with Gasteiger partial charge >= 0.3 is 5.97 Å². The fraction of sp³-hybridized carbons (Fsp3) is 0.273. The molecule has 3 rings (SSSR count). The quantitative estimate of drug-likeness (QED) is 0.510. The SMILES string of the molecule is CN1c2ccccc2CCC2C=C(/C=C/C=C(\C#N)C(=O)O)C=CC21C. The van der Waals surface area contributed by atoms with Crippen LogP contribution in [-0.2, 0) is 11.2 Å². The lowest BCUT2D eigenvalue weighted by molar-refractivity contribution is -0.132. The zero-order chi connectivity index (χ0) is 18.7. The highest BCUT2D eigenvalue weighted by molar-refractivity contribution is 5.91. The number of nitrogens with zero attached hydrogens (tertiary/aromatic N) is 2. The highest BCUT2D eigenvalue weighted by Gasteiger charge is 2.39. The van der Waals surface area contributed by atoms with Crippen LogP contribution in [0.5, 0.6) is 0 Å². The normalized spacial score (nSPS) is 25.1. The summed E-state index contributed by atoms with van der Waals surface area (Å²) in [6, 6.07) is 10.2. The van der Waals surface area contributed by atoms with Gasteiger partial charge in [0.2, 0.25) is 0 Å². The minimum absolute atomic E-state index is 0.0986. The predicted molar refractivity (Wildman–Crippen MR) is 103 cm³/mol. The van der Waals surface area contributed by atoms with Crippen LogP contribution in [0.2, 0.25) is 0 Å². The van der Waals surface area contributed by atoms with Gasteiger partial charge in [-0.05, 0) is 43.0 Å². The molecule has 1 aliphatic carbocycles. The number of carbonyl (C=O) groups is 1. The lowest BCUT2D eigenvalue weighted by Gasteiger charge is -2.43. The molecule has 1 N–H and O–H groups in total. The van der Waals surface area contributed by atoms with Crippen molar-refractivity contribution in [2.45, 2.75) is 25.3 Å². The first-order valence-electron chi connectivity index (χ1n) is 8.70. The standard InChI is InChI=1S/C22H22N2O2/c1-22-13-12-16(6-5-8-18(15-23)21(25)26)14-19(22)11-10-17-7-3-4-9-20(17)24(22)2/h3-9,12-14,19H,10-11H2,1-2H3,(H,25,26)/b6-5+,18-8+. The Morgan fingerprint density at radius 3 is 2.92 bits per heavy atom. The van der Waals surface area contributed by atoms with E-state index >= 15 is 0 Å². The van der Waals surface area contributed by atoms with Gasteiger partial charge in [-0.25, -0.2) is 4.79 Å². The summed E-state index contributed by atoms with van der Waals surface area (Å²) in [5, 5.41) is 17.7. The first-order valence-corrected chi connectivity index (χ1v) is 8.70. The van der Waals surface area contributed by atoms with E-state index in [1.807, 2.05) is 6.08 Å². The van der Waals surface area contributed by atoms with Gasteiger partial charge in [-0.3, -0.25) is 0 Å². The average molecular weight is 346 g/mol. The number of aryl methyl sites for hydroxylation is 1. The van der Waals surface area contributed by atoms with Gasteiger partial charge < -0.3 is 10.0 Å². The molecule has 2 aliphatic rings. The number of rotatable bonds is 3. The number of fused-ring (bicyclic) bond motifs is 2. The van der Waals surface area contributed by atoms with Crippen molar-refractivity contribution in [3.63, 3.8) is 0 Å². The molecule has 2 unspecified atom stereocenters. The van der Waals surface area contributed by atoms with E-state index in [0.29, 0.717) is 5.92 Å². The summed E-state index contributed by atoms with van der Waals surface area (Å²) in [6.07, 6.45) is 13.4. The van der Waals surface area contributed by atoms with Crippen LogP contribution in [0.25, 0.3) is 0 Å². The Labute approximate surface area is 154 Å². The number of benzene rings is 1. The first-order chi connectivity index (χ1) is 12.5. The second-order valence-corrected chi connectivity index (χ2v) is 6.92. The van der Waals surface area contributed by atoms with E-state index in [1.165, 1.54) is 17.3 Å². The molecule has 2 atom stereocenters. The van der Waals surface area contributed by atoms with Gasteiger partial charge in [-0.2, -0.15) is 5.26 Å². The van der Waals surface area contributed by atoms with E-state index in [2.05, 4.69) is 61.4 Å². The second-order valence-electron chi connectivity index (χ2n) is 6.92. The van der Waals surface area contributed by atoms with Crippen LogP contribution in [0.15, 0.2) is 71.9 Å². The lowest BCUT2D eigenvalue weighted by Crippen LogP contribution is -2.48. The van der Waals surface area contributed by atoms with Crippen molar-refractivity contribution in [3.8, 4) is 6.07 Å². The largest absolute Gasteiger partial charge is 0.477 e. The summed E-state index contributed by atoms with van der Waals surface area (Å²) in [5.41, 5.74) is 3.31. The molecule has 1 aromatic rings. The summed E-state index contributed by atoms with van der Waals surface area (Å²) in [7, 11) is 2.14. The molecule has 1 aromatic carbocycles. The van der Waals surface area contributed by atoms with E-state index < -0.39 is 5.97 Å². The van der Waals surface area contributed by atoms with Crippen molar-refractivity contribution < 1.29 is 9.90 Å². The van der Waals surface area contributed by atoms with Crippen LogP contribution < -0.4 is 4.90 Å². The molecular formula is C22H22N2O2. The lowest BCUT2D eigenvalue weighted by atomic mass is 9.77. The highest BCUT2D eigenvalue weighted by atomic mass is 16.4. The number of likely N-dealkylation sites (N-methyl/N-ethyl adjacent to an activating group) is 1. The molecule has 0 aromatic heterocycles. The number of para-hydroxylation sites is 1. The summed E-state index contributed by atoms with van der Waals surface area (Å²) in [4.78, 5) is 13.2. The summed E-state index contributed by atoms with van der Waals surface area (Å²) in [6.45, 7) is 2.26. The molecular weight excluding hydrogens is 324 g/mol. The minimum atomic E-state index is -1.21. The number of nitriles is 1. The number of carboxylic acids is 1. The summed E-state index contributed by atoms with van der Waals surface area (Å²) in [5.74, 6) is -0.857. The van der Waals surface area contributed by atoms with E-state index in [0.717, 1.165) is 18.4 Å². The maximum absolute atomic E-state index is 10.9. The van der Waals surface area contributed by atoms with E-state index in [1.54, 1.807) is 12.1 Å². The van der Waals surface area contributed by atoms with Gasteiger partial charge in [0, 0.05) is 18.7 Å². The molecule has 4 nitrogen and oxygen atoms in total. The summed E-state index contributed by atoms with van der Waals surface area (Å²) >= 11 is 0. The molecule has 1 heterocycles. The number of hydrogen-bond donors (Lipinski definition) is 1. The summed E-state index contributed by atoms with van der Waals surface area (Å²) < 4.78 is 0. The molecule has 26 heavy (non-hydrogen) atoms. The van der Waals surface area contributed by atoms with Gasteiger partial charge in [-0.1, -0.05) is 48.6 Å². The Morgan fingerprint density at radius 1 is 1.42 bits per heavy atom. The fourth-order valence-corrected chi connectivity index (χ4v) is 3.72. The number of carboxylic acid groups (broad SMARTS) is 1. The van der Waals surface area contributed by atoms with Crippen molar-refractivity contribution >= 4 is 11.7 Å². The molecule has 1 aliphatic heterocycles. The highest BCUT2D eigenvalue weighted by Crippen LogP contribution is 2.42. The fourth-order valence-electron chi connectivity index (χ4n) is 3.72. The van der Waals surface area contributed by atoms with Crippen LogP contribution in [0.4, 0.5) is 5.69 Å². The van der Waals surface area contributed by atoms with Crippen molar-refractivity contribution in [2.75, 3.05) is 11.9 Å². The predicted octanol–water partition coefficient (Wildman–Crippen LogP) is 4.03. The molecule has 0 saturated heterocycles. The second kappa shape index (κ2) is 7.05. The topological polar surface area (TPSA) is 64.3 Å². The Bertz CT molecular complexity index is 886. The Hall–Kier alpha value is -3.06. The van der Waals surface area contributed by atoms with Crippen LogP contribution in [-0.4, -0.2) is 23.7 Å². The van der Waals surface area contributed by atoms with Gasteiger partial charge in [0.1, 0.15) is 11.6 Å². The number of hydrogen-bond acceptors (Lipinski definition) is 3. The Balaban J connectivity index is 1.87. The molecule has 0 bridgehead atoms. The van der Waals surface area contributed by atoms with Crippen LogP contribution in [0, 0.1) is 17.2 Å². The van der Waals surface area contributed by atoms with Crippen LogP contribution in [0.3, 0.4) is 0 Å².